The molecule has 0 heterocycles. The van der Waals surface area contributed by atoms with Crippen molar-refractivity contribution in [1.82, 2.24) is 0 Å². The van der Waals surface area contributed by atoms with Crippen molar-refractivity contribution >= 4 is 10.8 Å². The first kappa shape index (κ1) is 23.6. The lowest BCUT2D eigenvalue weighted by atomic mass is 9.95. The predicted molar refractivity (Wildman–Crippen MR) is 122 cm³/mol. The zero-order valence-electron chi connectivity index (χ0n) is 18.5. The van der Waals surface area contributed by atoms with Crippen molar-refractivity contribution in [3.8, 4) is 23.6 Å². The Kier molecular flexibility index (Phi) is 10.6. The summed E-state index contributed by atoms with van der Waals surface area (Å²) in [6.07, 6.45) is 9.72. The number of unbranched alkanes of at least 4 members (excludes halogenated alkanes) is 6. The molecule has 0 aliphatic rings. The van der Waals surface area contributed by atoms with Gasteiger partial charge in [0.05, 0.1) is 38.2 Å². The molecule has 30 heavy (non-hydrogen) atoms. The quantitative estimate of drug-likeness (QED) is 0.320. The highest BCUT2D eigenvalue weighted by Crippen LogP contribution is 2.35. The van der Waals surface area contributed by atoms with Crippen LogP contribution in [0.3, 0.4) is 0 Å². The summed E-state index contributed by atoms with van der Waals surface area (Å²) in [5.74, 6) is 1.55. The fourth-order valence-corrected chi connectivity index (χ4v) is 3.71. The van der Waals surface area contributed by atoms with Gasteiger partial charge < -0.3 is 9.47 Å². The molecule has 0 radical (unpaired) electrons. The van der Waals surface area contributed by atoms with E-state index in [1.807, 2.05) is 24.3 Å². The lowest BCUT2D eigenvalue weighted by Gasteiger charge is -2.17. The van der Waals surface area contributed by atoms with Gasteiger partial charge in [-0.15, -0.1) is 0 Å². The molecule has 2 aromatic carbocycles. The molecule has 0 bridgehead atoms. The van der Waals surface area contributed by atoms with Crippen LogP contribution in [0.1, 0.15) is 76.3 Å². The second kappa shape index (κ2) is 13.5. The Labute approximate surface area is 181 Å². The summed E-state index contributed by atoms with van der Waals surface area (Å²) in [6, 6.07) is 12.4. The largest absolute Gasteiger partial charge is 0.493 e. The molecule has 160 valence electrons. The summed E-state index contributed by atoms with van der Waals surface area (Å²) in [6.45, 7) is 5.70. The minimum atomic E-state index is 0.283. The third-order valence-electron chi connectivity index (χ3n) is 5.36. The number of ether oxygens (including phenoxy) is 2. The lowest BCUT2D eigenvalue weighted by Crippen LogP contribution is -2.03. The third kappa shape index (κ3) is 6.67. The summed E-state index contributed by atoms with van der Waals surface area (Å²) < 4.78 is 12.1. The Hall–Kier alpha value is -2.72. The van der Waals surface area contributed by atoms with E-state index in [2.05, 4.69) is 26.0 Å². The third-order valence-corrected chi connectivity index (χ3v) is 5.36. The molecular weight excluding hydrogens is 372 g/mol. The predicted octanol–water partition coefficient (Wildman–Crippen LogP) is 6.89. The van der Waals surface area contributed by atoms with Gasteiger partial charge in [-0.3, -0.25) is 0 Å². The Morgan fingerprint density at radius 2 is 1.07 bits per heavy atom. The zero-order valence-corrected chi connectivity index (χ0v) is 18.5. The summed E-state index contributed by atoms with van der Waals surface area (Å²) in [5.41, 5.74) is 1.80. The molecular formula is C26H34N2O2. The molecule has 0 saturated heterocycles. The number of hydrogen-bond acceptors (Lipinski definition) is 4. The molecule has 0 atom stereocenters. The molecule has 0 aliphatic carbocycles. The van der Waals surface area contributed by atoms with Crippen molar-refractivity contribution in [2.45, 2.75) is 78.1 Å². The van der Waals surface area contributed by atoms with E-state index in [1.165, 1.54) is 25.7 Å². The van der Waals surface area contributed by atoms with Crippen LogP contribution in [0.15, 0.2) is 24.3 Å². The number of fused-ring (bicyclic) bond motifs is 1. The number of nitrogens with zero attached hydrogens (tertiary/aromatic N) is 2. The Balaban J connectivity index is 2.28. The van der Waals surface area contributed by atoms with Crippen LogP contribution < -0.4 is 9.47 Å². The average molecular weight is 407 g/mol. The van der Waals surface area contributed by atoms with Crippen molar-refractivity contribution in [2.24, 2.45) is 0 Å². The smallest absolute Gasteiger partial charge is 0.124 e. The second-order valence-electron chi connectivity index (χ2n) is 7.67. The normalized spacial score (nSPS) is 10.5. The average Bonchev–Trinajstić information content (AvgIpc) is 2.76. The van der Waals surface area contributed by atoms with Crippen LogP contribution in [-0.4, -0.2) is 13.2 Å². The highest BCUT2D eigenvalue weighted by Gasteiger charge is 2.15. The van der Waals surface area contributed by atoms with Gasteiger partial charge in [-0.1, -0.05) is 64.5 Å². The Morgan fingerprint density at radius 1 is 0.633 bits per heavy atom. The van der Waals surface area contributed by atoms with E-state index in [-0.39, 0.29) is 12.8 Å². The van der Waals surface area contributed by atoms with E-state index in [1.54, 1.807) is 0 Å². The maximum absolute atomic E-state index is 9.38. The summed E-state index contributed by atoms with van der Waals surface area (Å²) in [4.78, 5) is 0. The molecule has 4 nitrogen and oxygen atoms in total. The van der Waals surface area contributed by atoms with Gasteiger partial charge in [-0.25, -0.2) is 0 Å². The van der Waals surface area contributed by atoms with Gasteiger partial charge in [-0.05, 0) is 35.7 Å². The molecule has 0 aromatic heterocycles. The van der Waals surface area contributed by atoms with Crippen molar-refractivity contribution < 1.29 is 9.47 Å². The van der Waals surface area contributed by atoms with E-state index >= 15 is 0 Å². The fraction of sp³-hybridized carbons (Fsp3) is 0.538. The number of benzene rings is 2. The van der Waals surface area contributed by atoms with Gasteiger partial charge in [0.15, 0.2) is 0 Å². The molecule has 0 N–H and O–H groups in total. The molecule has 0 saturated carbocycles. The van der Waals surface area contributed by atoms with Gasteiger partial charge in [0.1, 0.15) is 11.5 Å². The fourth-order valence-electron chi connectivity index (χ4n) is 3.71. The highest BCUT2D eigenvalue weighted by atomic mass is 16.5. The van der Waals surface area contributed by atoms with E-state index in [4.69, 9.17) is 9.47 Å². The van der Waals surface area contributed by atoms with Crippen LogP contribution in [0.25, 0.3) is 10.8 Å². The van der Waals surface area contributed by atoms with Crippen LogP contribution in [0, 0.1) is 22.7 Å². The minimum absolute atomic E-state index is 0.283. The van der Waals surface area contributed by atoms with Crippen LogP contribution in [0.4, 0.5) is 0 Å². The maximum Gasteiger partial charge on any atom is 0.124 e. The highest BCUT2D eigenvalue weighted by molar-refractivity contribution is 5.92. The Bertz CT molecular complexity index is 804. The summed E-state index contributed by atoms with van der Waals surface area (Å²) >= 11 is 0. The molecule has 0 fully saturated rings. The van der Waals surface area contributed by atoms with Crippen molar-refractivity contribution in [3.05, 3.63) is 35.4 Å². The topological polar surface area (TPSA) is 66.0 Å². The van der Waals surface area contributed by atoms with E-state index in [9.17, 15) is 10.5 Å². The molecule has 2 rings (SSSR count). The van der Waals surface area contributed by atoms with E-state index in [0.717, 1.165) is 59.1 Å². The van der Waals surface area contributed by atoms with E-state index in [0.29, 0.717) is 13.2 Å². The molecule has 4 heteroatoms. The van der Waals surface area contributed by atoms with Crippen molar-refractivity contribution in [3.63, 3.8) is 0 Å². The minimum Gasteiger partial charge on any atom is -0.493 e. The lowest BCUT2D eigenvalue weighted by molar-refractivity contribution is 0.302. The molecule has 2 aromatic rings. The van der Waals surface area contributed by atoms with Crippen molar-refractivity contribution in [2.75, 3.05) is 13.2 Å². The van der Waals surface area contributed by atoms with Crippen LogP contribution in [0.5, 0.6) is 11.5 Å². The second-order valence-corrected chi connectivity index (χ2v) is 7.67. The number of rotatable bonds is 14. The van der Waals surface area contributed by atoms with Gasteiger partial charge >= 0.3 is 0 Å². The summed E-state index contributed by atoms with van der Waals surface area (Å²) in [7, 11) is 0. The standard InChI is InChI=1S/C26H34N2O2/c1-3-5-7-9-19-29-25-13-11-22-21(23(25)15-17-27)12-14-26(24(22)16-18-28)30-20-10-8-6-4-2/h11-14H,3-10,15-16,19-20H2,1-2H3. The molecule has 0 amide bonds. The van der Waals surface area contributed by atoms with Crippen LogP contribution in [-0.2, 0) is 12.8 Å². The summed E-state index contributed by atoms with van der Waals surface area (Å²) in [5, 5.41) is 20.7. The maximum atomic E-state index is 9.38. The van der Waals surface area contributed by atoms with Crippen LogP contribution >= 0.6 is 0 Å². The molecule has 0 unspecified atom stereocenters. The van der Waals surface area contributed by atoms with E-state index < -0.39 is 0 Å². The van der Waals surface area contributed by atoms with Crippen molar-refractivity contribution in [1.29, 1.82) is 10.5 Å². The number of hydrogen-bond donors (Lipinski definition) is 0. The molecule has 0 spiro atoms. The van der Waals surface area contributed by atoms with Gasteiger partial charge in [0.25, 0.3) is 0 Å². The first-order valence-electron chi connectivity index (χ1n) is 11.3. The SMILES string of the molecule is CCCCCCOc1ccc2c(CC#N)c(OCCCCCC)ccc2c1CC#N. The Morgan fingerprint density at radius 3 is 1.43 bits per heavy atom. The zero-order chi connectivity index (χ0) is 21.6. The van der Waals surface area contributed by atoms with Gasteiger partial charge in [-0.2, -0.15) is 10.5 Å². The number of nitriles is 2. The van der Waals surface area contributed by atoms with Gasteiger partial charge in [0.2, 0.25) is 0 Å². The molecule has 0 aliphatic heterocycles. The first-order chi connectivity index (χ1) is 14.8. The van der Waals surface area contributed by atoms with Crippen LogP contribution in [0.2, 0.25) is 0 Å². The van der Waals surface area contributed by atoms with Gasteiger partial charge in [0, 0.05) is 11.1 Å². The first-order valence-corrected chi connectivity index (χ1v) is 11.3. The monoisotopic (exact) mass is 406 g/mol.